The fraction of sp³-hybridized carbons (Fsp3) is 0.588. The lowest BCUT2D eigenvalue weighted by atomic mass is 9.95. The van der Waals surface area contributed by atoms with Gasteiger partial charge in [-0.05, 0) is 38.8 Å². The van der Waals surface area contributed by atoms with Gasteiger partial charge in [-0.1, -0.05) is 37.0 Å². The number of anilines is 1. The zero-order valence-electron chi connectivity index (χ0n) is 14.1. The second kappa shape index (κ2) is 7.34. The summed E-state index contributed by atoms with van der Waals surface area (Å²) in [6.45, 7) is 3.58. The van der Waals surface area contributed by atoms with Crippen molar-refractivity contribution in [3.05, 3.63) is 29.8 Å². The van der Waals surface area contributed by atoms with Gasteiger partial charge >= 0.3 is 0 Å². The molecule has 0 saturated heterocycles. The molecule has 1 unspecified atom stereocenters. The Bertz CT molecular complexity index is 634. The molecule has 1 aromatic carbocycles. The van der Waals surface area contributed by atoms with E-state index in [1.165, 1.54) is 10.7 Å². The van der Waals surface area contributed by atoms with Crippen LogP contribution >= 0.6 is 0 Å². The molecule has 6 heteroatoms. The number of rotatable bonds is 5. The quantitative estimate of drug-likeness (QED) is 0.897. The topological polar surface area (TPSA) is 66.5 Å². The molecule has 23 heavy (non-hydrogen) atoms. The minimum absolute atomic E-state index is 0.165. The highest BCUT2D eigenvalue weighted by Crippen LogP contribution is 2.22. The van der Waals surface area contributed by atoms with Gasteiger partial charge in [0, 0.05) is 6.04 Å². The first kappa shape index (κ1) is 17.8. The second-order valence-corrected chi connectivity index (χ2v) is 8.27. The third-order valence-corrected chi connectivity index (χ3v) is 5.57. The van der Waals surface area contributed by atoms with Crippen LogP contribution in [0, 0.1) is 6.92 Å². The van der Waals surface area contributed by atoms with Crippen molar-refractivity contribution in [2.24, 2.45) is 0 Å². The smallest absolute Gasteiger partial charge is 0.243 e. The first-order chi connectivity index (χ1) is 10.8. The van der Waals surface area contributed by atoms with Gasteiger partial charge < -0.3 is 5.32 Å². The number of hydrogen-bond donors (Lipinski definition) is 1. The predicted molar refractivity (Wildman–Crippen MR) is 93.0 cm³/mol. The van der Waals surface area contributed by atoms with Crippen LogP contribution in [0.4, 0.5) is 5.69 Å². The van der Waals surface area contributed by atoms with Crippen LogP contribution in [0.15, 0.2) is 24.3 Å². The van der Waals surface area contributed by atoms with Gasteiger partial charge in [0.1, 0.15) is 6.04 Å². The number of sulfonamides is 1. The van der Waals surface area contributed by atoms with Crippen molar-refractivity contribution in [3.63, 3.8) is 0 Å². The maximum absolute atomic E-state index is 12.5. The highest BCUT2D eigenvalue weighted by molar-refractivity contribution is 7.92. The van der Waals surface area contributed by atoms with E-state index in [1.807, 2.05) is 19.1 Å². The van der Waals surface area contributed by atoms with Crippen LogP contribution in [0.2, 0.25) is 0 Å². The molecular weight excluding hydrogens is 312 g/mol. The molecule has 0 spiro atoms. The summed E-state index contributed by atoms with van der Waals surface area (Å²) >= 11 is 0. The molecule has 5 nitrogen and oxygen atoms in total. The largest absolute Gasteiger partial charge is 0.352 e. The average molecular weight is 338 g/mol. The summed E-state index contributed by atoms with van der Waals surface area (Å²) < 4.78 is 25.6. The molecule has 0 aromatic heterocycles. The molecular formula is C17H26N2O3S. The van der Waals surface area contributed by atoms with Crippen LogP contribution in [-0.2, 0) is 14.8 Å². The highest BCUT2D eigenvalue weighted by atomic mass is 32.2. The molecule has 1 N–H and O–H groups in total. The Hall–Kier alpha value is -1.56. The van der Waals surface area contributed by atoms with Gasteiger partial charge in [-0.3, -0.25) is 9.10 Å². The zero-order valence-corrected chi connectivity index (χ0v) is 14.9. The summed E-state index contributed by atoms with van der Waals surface area (Å²) in [6.07, 6.45) is 6.53. The Labute approximate surface area is 139 Å². The molecule has 1 amide bonds. The number of carbonyl (C=O) groups excluding carboxylic acids is 1. The monoisotopic (exact) mass is 338 g/mol. The van der Waals surface area contributed by atoms with E-state index in [4.69, 9.17) is 0 Å². The summed E-state index contributed by atoms with van der Waals surface area (Å²) in [5, 5.41) is 3.01. The molecule has 0 aliphatic heterocycles. The molecule has 2 rings (SSSR count). The summed E-state index contributed by atoms with van der Waals surface area (Å²) in [5.74, 6) is -0.233. The fourth-order valence-corrected chi connectivity index (χ4v) is 4.24. The molecule has 128 valence electrons. The second-order valence-electron chi connectivity index (χ2n) is 6.41. The number of amides is 1. The van der Waals surface area contributed by atoms with Crippen molar-refractivity contribution in [1.82, 2.24) is 5.32 Å². The maximum Gasteiger partial charge on any atom is 0.243 e. The Kier molecular flexibility index (Phi) is 5.68. The Balaban J connectivity index is 2.17. The molecule has 1 aliphatic carbocycles. The maximum atomic E-state index is 12.5. The van der Waals surface area contributed by atoms with Crippen LogP contribution < -0.4 is 9.62 Å². The number of carbonyl (C=O) groups is 1. The molecule has 1 aromatic rings. The minimum Gasteiger partial charge on any atom is -0.352 e. The van der Waals surface area contributed by atoms with E-state index in [1.54, 1.807) is 19.1 Å². The van der Waals surface area contributed by atoms with Gasteiger partial charge in [0.2, 0.25) is 15.9 Å². The van der Waals surface area contributed by atoms with Crippen LogP contribution in [0.25, 0.3) is 0 Å². The van der Waals surface area contributed by atoms with Crippen LogP contribution in [0.1, 0.15) is 44.6 Å². The lowest BCUT2D eigenvalue weighted by Gasteiger charge is -2.30. The third kappa shape index (κ3) is 4.70. The summed E-state index contributed by atoms with van der Waals surface area (Å²) in [5.41, 5.74) is 1.56. The predicted octanol–water partition coefficient (Wildman–Crippen LogP) is 2.60. The van der Waals surface area contributed by atoms with E-state index < -0.39 is 16.1 Å². The van der Waals surface area contributed by atoms with Gasteiger partial charge in [-0.15, -0.1) is 0 Å². The van der Waals surface area contributed by atoms with E-state index in [-0.39, 0.29) is 11.9 Å². The summed E-state index contributed by atoms with van der Waals surface area (Å²) in [7, 11) is -3.54. The van der Waals surface area contributed by atoms with Crippen molar-refractivity contribution < 1.29 is 13.2 Å². The molecule has 1 fully saturated rings. The minimum atomic E-state index is -3.54. The lowest BCUT2D eigenvalue weighted by molar-refractivity contribution is -0.122. The molecule has 1 aliphatic rings. The number of aryl methyl sites for hydroxylation is 1. The number of hydrogen-bond acceptors (Lipinski definition) is 3. The van der Waals surface area contributed by atoms with Gasteiger partial charge in [0.25, 0.3) is 0 Å². The van der Waals surface area contributed by atoms with Gasteiger partial charge in [-0.2, -0.15) is 0 Å². The highest BCUT2D eigenvalue weighted by Gasteiger charge is 2.30. The molecule has 0 radical (unpaired) electrons. The molecule has 1 atom stereocenters. The fourth-order valence-electron chi connectivity index (χ4n) is 3.07. The normalized spacial score (nSPS) is 17.5. The van der Waals surface area contributed by atoms with E-state index in [2.05, 4.69) is 5.32 Å². The molecule has 0 heterocycles. The Morgan fingerprint density at radius 2 is 1.74 bits per heavy atom. The average Bonchev–Trinajstić information content (AvgIpc) is 2.49. The first-order valence-corrected chi connectivity index (χ1v) is 10.0. The zero-order chi connectivity index (χ0) is 17.0. The van der Waals surface area contributed by atoms with Crippen LogP contribution in [0.3, 0.4) is 0 Å². The number of nitrogens with one attached hydrogen (secondary N) is 1. The molecule has 1 saturated carbocycles. The first-order valence-electron chi connectivity index (χ1n) is 8.15. The van der Waals surface area contributed by atoms with Crippen molar-refractivity contribution in [1.29, 1.82) is 0 Å². The summed E-state index contributed by atoms with van der Waals surface area (Å²) in [6, 6.07) is 6.56. The standard InChI is InChI=1S/C17H26N2O3S/c1-13-9-11-16(12-10-13)19(23(3,21)22)14(2)17(20)18-15-7-5-4-6-8-15/h9-12,14-15H,4-8H2,1-3H3,(H,18,20). The SMILES string of the molecule is Cc1ccc(N(C(C)C(=O)NC2CCCCC2)S(C)(=O)=O)cc1. The van der Waals surface area contributed by atoms with Crippen molar-refractivity contribution in [3.8, 4) is 0 Å². The Morgan fingerprint density at radius 1 is 1.17 bits per heavy atom. The van der Waals surface area contributed by atoms with Crippen LogP contribution in [-0.4, -0.2) is 32.7 Å². The third-order valence-electron chi connectivity index (χ3n) is 4.33. The van der Waals surface area contributed by atoms with Crippen molar-refractivity contribution in [2.45, 2.75) is 58.0 Å². The van der Waals surface area contributed by atoms with Crippen molar-refractivity contribution >= 4 is 21.6 Å². The number of nitrogens with zero attached hydrogens (tertiary/aromatic N) is 1. The van der Waals surface area contributed by atoms with Gasteiger partial charge in [-0.25, -0.2) is 8.42 Å². The van der Waals surface area contributed by atoms with E-state index in [9.17, 15) is 13.2 Å². The molecule has 0 bridgehead atoms. The van der Waals surface area contributed by atoms with Crippen molar-refractivity contribution in [2.75, 3.05) is 10.6 Å². The lowest BCUT2D eigenvalue weighted by Crippen LogP contribution is -2.50. The van der Waals surface area contributed by atoms with E-state index >= 15 is 0 Å². The van der Waals surface area contributed by atoms with E-state index in [0.29, 0.717) is 5.69 Å². The van der Waals surface area contributed by atoms with Gasteiger partial charge in [0.05, 0.1) is 11.9 Å². The van der Waals surface area contributed by atoms with E-state index in [0.717, 1.165) is 37.5 Å². The number of benzene rings is 1. The summed E-state index contributed by atoms with van der Waals surface area (Å²) in [4.78, 5) is 12.5. The Morgan fingerprint density at radius 3 is 2.26 bits per heavy atom. The van der Waals surface area contributed by atoms with Crippen LogP contribution in [0.5, 0.6) is 0 Å². The van der Waals surface area contributed by atoms with Gasteiger partial charge in [0.15, 0.2) is 0 Å².